The van der Waals surface area contributed by atoms with Gasteiger partial charge in [-0.05, 0) is 21.8 Å². The van der Waals surface area contributed by atoms with E-state index in [1.807, 2.05) is 0 Å². The van der Waals surface area contributed by atoms with E-state index in [1.165, 1.54) is 74.6 Å². The van der Waals surface area contributed by atoms with Gasteiger partial charge in [-0.25, -0.2) is 0 Å². The molecule has 0 aromatic heterocycles. The molecule has 0 aliphatic rings. The predicted octanol–water partition coefficient (Wildman–Crippen LogP) is 8.07. The third-order valence-corrected chi connectivity index (χ3v) is 16.0. The lowest BCUT2D eigenvalue weighted by atomic mass is 10.1. The maximum atomic E-state index is 6.86. The van der Waals surface area contributed by atoms with Gasteiger partial charge in [0.25, 0.3) is 8.32 Å². The summed E-state index contributed by atoms with van der Waals surface area (Å²) in [7, 11) is -2.54. The summed E-state index contributed by atoms with van der Waals surface area (Å²) < 4.78 is 74.1. The van der Waals surface area contributed by atoms with Crippen molar-refractivity contribution in [3.8, 4) is 0 Å². The van der Waals surface area contributed by atoms with Gasteiger partial charge < -0.3 is 61.3 Å². The number of rotatable bonds is 51. The number of benzene rings is 2. The average Bonchev–Trinajstić information content (AvgIpc) is 3.33. The molecule has 2 rings (SSSR count). The van der Waals surface area contributed by atoms with E-state index in [0.29, 0.717) is 159 Å². The van der Waals surface area contributed by atoms with Gasteiger partial charge in [-0.1, -0.05) is 153 Å². The summed E-state index contributed by atoms with van der Waals surface area (Å²) in [5.41, 5.74) is 0. The molecule has 13 nitrogen and oxygen atoms in total. The lowest BCUT2D eigenvalue weighted by Crippen LogP contribution is -2.66. The Kier molecular flexibility index (Phi) is 41.4. The second-order valence-corrected chi connectivity index (χ2v) is 21.7. The molecule has 0 spiro atoms. The SMILES string of the molecule is CCCCCCCCCCCCCOCCOCCOCCOCCOCCOCCOCCOCCOCCOCCOCCOCCO[Si](c1ccccc1)(c1ccccc1)C(C)(C)C. The van der Waals surface area contributed by atoms with Crippen molar-refractivity contribution in [3.63, 3.8) is 0 Å². The van der Waals surface area contributed by atoms with Crippen molar-refractivity contribution in [1.82, 2.24) is 0 Å². The van der Waals surface area contributed by atoms with Crippen LogP contribution in [-0.4, -0.2) is 173 Å². The highest BCUT2D eigenvalue weighted by molar-refractivity contribution is 6.99. The van der Waals surface area contributed by atoms with Gasteiger partial charge in [-0.15, -0.1) is 0 Å². The van der Waals surface area contributed by atoms with Crippen molar-refractivity contribution in [2.75, 3.05) is 165 Å². The first-order valence-corrected chi connectivity index (χ1v) is 27.6. The van der Waals surface area contributed by atoms with Crippen LogP contribution in [0.1, 0.15) is 98.3 Å². The van der Waals surface area contributed by atoms with Crippen LogP contribution in [-0.2, 0) is 61.3 Å². The Bertz CT molecular complexity index is 1250. The van der Waals surface area contributed by atoms with Gasteiger partial charge in [0, 0.05) is 6.61 Å². The van der Waals surface area contributed by atoms with Crippen molar-refractivity contribution in [1.29, 1.82) is 0 Å². The molecule has 0 aliphatic carbocycles. The lowest BCUT2D eigenvalue weighted by Gasteiger charge is -2.43. The van der Waals surface area contributed by atoms with Crippen LogP contribution < -0.4 is 10.4 Å². The van der Waals surface area contributed by atoms with Gasteiger partial charge >= 0.3 is 0 Å². The topological polar surface area (TPSA) is 120 Å². The van der Waals surface area contributed by atoms with Crippen LogP contribution >= 0.6 is 0 Å². The minimum Gasteiger partial charge on any atom is -0.405 e. The number of hydrogen-bond acceptors (Lipinski definition) is 13. The molecule has 0 radical (unpaired) electrons. The molecule has 2 aromatic rings. The summed E-state index contributed by atoms with van der Waals surface area (Å²) >= 11 is 0. The fourth-order valence-corrected chi connectivity index (χ4v) is 11.9. The van der Waals surface area contributed by atoms with Crippen LogP contribution in [0.5, 0.6) is 0 Å². The van der Waals surface area contributed by atoms with E-state index < -0.39 is 8.32 Å². The summed E-state index contributed by atoms with van der Waals surface area (Å²) in [4.78, 5) is 0. The fraction of sp³-hybridized carbons (Fsp3) is 0.774. The quantitative estimate of drug-likeness (QED) is 0.0470. The standard InChI is InChI=1S/C53H94O13Si/c1-5-6-7-8-9-10-11-12-13-14-21-26-54-27-28-55-29-30-56-31-32-57-33-34-58-35-36-59-37-38-60-39-40-61-41-42-62-43-44-63-45-46-64-47-48-65-49-50-66-67(53(2,3)4,51-22-17-15-18-23-51)52-24-19-16-20-25-52/h15-20,22-25H,5-14,21,26-50H2,1-4H3. The van der Waals surface area contributed by atoms with Gasteiger partial charge in [-0.3, -0.25) is 0 Å². The molecule has 0 aliphatic heterocycles. The van der Waals surface area contributed by atoms with E-state index in [-0.39, 0.29) is 5.04 Å². The molecule has 388 valence electrons. The third-order valence-electron chi connectivity index (χ3n) is 10.9. The Morgan fingerprint density at radius 2 is 0.507 bits per heavy atom. The Balaban J connectivity index is 1.21. The smallest absolute Gasteiger partial charge is 0.261 e. The van der Waals surface area contributed by atoms with Crippen LogP contribution in [0.3, 0.4) is 0 Å². The maximum Gasteiger partial charge on any atom is 0.261 e. The fourth-order valence-electron chi connectivity index (χ4n) is 7.40. The number of hydrogen-bond donors (Lipinski definition) is 0. The zero-order valence-corrected chi connectivity index (χ0v) is 43.5. The molecule has 0 atom stereocenters. The molecule has 0 heterocycles. The highest BCUT2D eigenvalue weighted by Gasteiger charge is 2.50. The van der Waals surface area contributed by atoms with Crippen molar-refractivity contribution in [2.24, 2.45) is 0 Å². The third kappa shape index (κ3) is 33.4. The van der Waals surface area contributed by atoms with Gasteiger partial charge in [0.2, 0.25) is 0 Å². The normalized spacial score (nSPS) is 12.1. The molecule has 0 bridgehead atoms. The van der Waals surface area contributed by atoms with E-state index in [4.69, 9.17) is 61.3 Å². The monoisotopic (exact) mass is 967 g/mol. The molecule has 0 saturated carbocycles. The highest BCUT2D eigenvalue weighted by Crippen LogP contribution is 2.36. The Labute approximate surface area is 407 Å². The van der Waals surface area contributed by atoms with E-state index in [0.717, 1.165) is 13.0 Å². The molecule has 0 unspecified atom stereocenters. The van der Waals surface area contributed by atoms with Crippen LogP contribution in [0.4, 0.5) is 0 Å². The van der Waals surface area contributed by atoms with Gasteiger partial charge in [0.1, 0.15) is 0 Å². The summed E-state index contributed by atoms with van der Waals surface area (Å²) in [5.74, 6) is 0. The predicted molar refractivity (Wildman–Crippen MR) is 270 cm³/mol. The molecular weight excluding hydrogens is 873 g/mol. The first kappa shape index (κ1) is 61.3. The van der Waals surface area contributed by atoms with E-state index >= 15 is 0 Å². The number of ether oxygens (including phenoxy) is 12. The van der Waals surface area contributed by atoms with Crippen molar-refractivity contribution in [3.05, 3.63) is 60.7 Å². The second-order valence-electron chi connectivity index (χ2n) is 17.4. The largest absolute Gasteiger partial charge is 0.405 e. The second kappa shape index (κ2) is 45.3. The zero-order chi connectivity index (χ0) is 47.9. The van der Waals surface area contributed by atoms with Gasteiger partial charge in [0.05, 0.1) is 159 Å². The molecule has 2 aromatic carbocycles. The summed E-state index contributed by atoms with van der Waals surface area (Å²) in [5, 5.41) is 2.48. The van der Waals surface area contributed by atoms with E-state index in [9.17, 15) is 0 Å². The summed E-state index contributed by atoms with van der Waals surface area (Å²) in [6, 6.07) is 21.3. The average molecular weight is 967 g/mol. The highest BCUT2D eigenvalue weighted by atomic mass is 28.4. The minimum atomic E-state index is -2.54. The number of unbranched alkanes of at least 4 members (excludes halogenated alkanes) is 10. The Morgan fingerprint density at radius 3 is 0.761 bits per heavy atom. The Hall–Kier alpha value is -1.86. The van der Waals surface area contributed by atoms with Gasteiger partial charge in [0.15, 0.2) is 0 Å². The zero-order valence-electron chi connectivity index (χ0n) is 42.5. The molecule has 67 heavy (non-hydrogen) atoms. The van der Waals surface area contributed by atoms with E-state index in [2.05, 4.69) is 88.4 Å². The van der Waals surface area contributed by atoms with Crippen LogP contribution in [0.2, 0.25) is 5.04 Å². The molecule has 0 saturated heterocycles. The first-order valence-electron chi connectivity index (χ1n) is 25.7. The molecule has 14 heteroatoms. The Morgan fingerprint density at radius 1 is 0.284 bits per heavy atom. The molecule has 0 fully saturated rings. The van der Waals surface area contributed by atoms with Gasteiger partial charge in [-0.2, -0.15) is 0 Å². The van der Waals surface area contributed by atoms with Crippen LogP contribution in [0.25, 0.3) is 0 Å². The van der Waals surface area contributed by atoms with Crippen LogP contribution in [0.15, 0.2) is 60.7 Å². The van der Waals surface area contributed by atoms with Crippen molar-refractivity contribution < 1.29 is 61.3 Å². The summed E-state index contributed by atoms with van der Waals surface area (Å²) in [6.45, 7) is 22.6. The molecule has 0 amide bonds. The molecule has 0 N–H and O–H groups in total. The maximum absolute atomic E-state index is 6.86. The first-order chi connectivity index (χ1) is 33.0. The van der Waals surface area contributed by atoms with E-state index in [1.54, 1.807) is 0 Å². The minimum absolute atomic E-state index is 0.0586. The van der Waals surface area contributed by atoms with Crippen molar-refractivity contribution in [2.45, 2.75) is 103 Å². The van der Waals surface area contributed by atoms with Crippen LogP contribution in [0, 0.1) is 0 Å². The van der Waals surface area contributed by atoms with Crippen molar-refractivity contribution >= 4 is 18.7 Å². The molecular formula is C53H94O13Si. The summed E-state index contributed by atoms with van der Waals surface area (Å²) in [6.07, 6.45) is 14.8. The lowest BCUT2D eigenvalue weighted by molar-refractivity contribution is -0.0285.